The molecule has 1 aliphatic rings. The zero-order valence-electron chi connectivity index (χ0n) is 16.2. The van der Waals surface area contributed by atoms with Gasteiger partial charge in [0.2, 0.25) is 0 Å². The Balaban J connectivity index is 1.86. The third-order valence-electron chi connectivity index (χ3n) is 6.47. The van der Waals surface area contributed by atoms with Gasteiger partial charge in [0.15, 0.2) is 0 Å². The molecule has 0 aliphatic carbocycles. The second-order valence-electron chi connectivity index (χ2n) is 7.29. The molecule has 2 heterocycles. The average molecular weight is 350 g/mol. The maximum absolute atomic E-state index is 6.65. The van der Waals surface area contributed by atoms with Gasteiger partial charge in [-0.25, -0.2) is 0 Å². The standard InChI is InChI=1S/C22H27BO3/c1-5-21(6-2)22(7-3,8-4)26-23(25-21)18-14-11-13-17-16-12-9-10-15-19(16)24-20(17)18/h9-15H,5-8H2,1-4H3. The van der Waals surface area contributed by atoms with Crippen LogP contribution in [0.1, 0.15) is 53.4 Å². The summed E-state index contributed by atoms with van der Waals surface area (Å²) in [6.45, 7) is 8.82. The summed E-state index contributed by atoms with van der Waals surface area (Å²) in [4.78, 5) is 0. The highest BCUT2D eigenvalue weighted by Gasteiger charge is 2.59. The fourth-order valence-corrected chi connectivity index (χ4v) is 4.85. The van der Waals surface area contributed by atoms with Crippen molar-refractivity contribution in [2.24, 2.45) is 0 Å². The van der Waals surface area contributed by atoms with Crippen LogP contribution in [0.4, 0.5) is 0 Å². The van der Waals surface area contributed by atoms with Crippen LogP contribution in [0.5, 0.6) is 0 Å². The van der Waals surface area contributed by atoms with Gasteiger partial charge in [0.05, 0.1) is 11.2 Å². The van der Waals surface area contributed by atoms with Gasteiger partial charge in [0, 0.05) is 16.2 Å². The Morgan fingerprint density at radius 2 is 1.31 bits per heavy atom. The van der Waals surface area contributed by atoms with E-state index in [1.54, 1.807) is 0 Å². The van der Waals surface area contributed by atoms with Crippen LogP contribution in [0.3, 0.4) is 0 Å². The monoisotopic (exact) mass is 350 g/mol. The van der Waals surface area contributed by atoms with Gasteiger partial charge in [-0.05, 0) is 31.7 Å². The van der Waals surface area contributed by atoms with Gasteiger partial charge in [-0.3, -0.25) is 0 Å². The molecule has 3 aromatic rings. The van der Waals surface area contributed by atoms with Crippen LogP contribution in [0, 0.1) is 0 Å². The second kappa shape index (κ2) is 6.43. The highest BCUT2D eigenvalue weighted by Crippen LogP contribution is 2.47. The third-order valence-corrected chi connectivity index (χ3v) is 6.47. The van der Waals surface area contributed by atoms with Gasteiger partial charge in [-0.1, -0.05) is 64.1 Å². The molecule has 3 nitrogen and oxygen atoms in total. The number of hydrogen-bond acceptors (Lipinski definition) is 3. The highest BCUT2D eigenvalue weighted by atomic mass is 16.7. The molecule has 0 saturated carbocycles. The van der Waals surface area contributed by atoms with Crippen molar-refractivity contribution in [3.8, 4) is 0 Å². The zero-order valence-corrected chi connectivity index (χ0v) is 16.2. The number of hydrogen-bond donors (Lipinski definition) is 0. The molecular formula is C22H27BO3. The summed E-state index contributed by atoms with van der Waals surface area (Å²) in [5.74, 6) is 0. The third kappa shape index (κ3) is 2.28. The Bertz CT molecular complexity index is 901. The van der Waals surface area contributed by atoms with Crippen LogP contribution in [0.15, 0.2) is 46.9 Å². The summed E-state index contributed by atoms with van der Waals surface area (Å²) in [6, 6.07) is 14.4. The van der Waals surface area contributed by atoms with E-state index in [0.717, 1.165) is 53.1 Å². The Kier molecular flexibility index (Phi) is 4.36. The zero-order chi connectivity index (χ0) is 18.4. The molecule has 0 unspecified atom stereocenters. The molecule has 1 saturated heterocycles. The van der Waals surface area contributed by atoms with Crippen molar-refractivity contribution < 1.29 is 13.7 Å². The largest absolute Gasteiger partial charge is 0.498 e. The fraction of sp³-hybridized carbons (Fsp3) is 0.455. The number of benzene rings is 2. The Hall–Kier alpha value is -1.78. The van der Waals surface area contributed by atoms with Crippen LogP contribution < -0.4 is 5.46 Å². The summed E-state index contributed by atoms with van der Waals surface area (Å²) in [6.07, 6.45) is 3.77. The minimum absolute atomic E-state index is 0.255. The quantitative estimate of drug-likeness (QED) is 0.574. The smallest absolute Gasteiger partial charge is 0.456 e. The van der Waals surface area contributed by atoms with Crippen molar-refractivity contribution >= 4 is 34.5 Å². The van der Waals surface area contributed by atoms with Gasteiger partial charge in [0.1, 0.15) is 11.2 Å². The maximum atomic E-state index is 6.65. The van der Waals surface area contributed by atoms with E-state index in [0.29, 0.717) is 0 Å². The molecule has 0 amide bonds. The first-order chi connectivity index (χ1) is 12.6. The molecule has 4 heteroatoms. The lowest BCUT2D eigenvalue weighted by Gasteiger charge is -2.42. The van der Waals surface area contributed by atoms with Crippen molar-refractivity contribution in [2.45, 2.75) is 64.6 Å². The minimum Gasteiger partial charge on any atom is -0.456 e. The molecule has 2 aromatic carbocycles. The SMILES string of the molecule is CCC1(CC)OB(c2cccc3c2oc2ccccc23)OC1(CC)CC. The van der Waals surface area contributed by atoms with Crippen LogP contribution >= 0.6 is 0 Å². The Morgan fingerprint density at radius 1 is 0.731 bits per heavy atom. The normalized spacial score (nSPS) is 18.8. The first-order valence-corrected chi connectivity index (χ1v) is 9.89. The highest BCUT2D eigenvalue weighted by molar-refractivity contribution is 6.65. The summed E-state index contributed by atoms with van der Waals surface area (Å²) >= 11 is 0. The van der Waals surface area contributed by atoms with Crippen LogP contribution in [-0.2, 0) is 9.31 Å². The number of fused-ring (bicyclic) bond motifs is 3. The van der Waals surface area contributed by atoms with Gasteiger partial charge < -0.3 is 13.7 Å². The van der Waals surface area contributed by atoms with Crippen LogP contribution in [0.25, 0.3) is 21.9 Å². The second-order valence-corrected chi connectivity index (χ2v) is 7.29. The van der Waals surface area contributed by atoms with Gasteiger partial charge in [-0.15, -0.1) is 0 Å². The molecule has 0 radical (unpaired) electrons. The molecule has 136 valence electrons. The lowest BCUT2D eigenvalue weighted by Crippen LogP contribution is -2.50. The van der Waals surface area contributed by atoms with E-state index >= 15 is 0 Å². The predicted octanol–water partition coefficient (Wildman–Crippen LogP) is 5.45. The molecule has 0 spiro atoms. The van der Waals surface area contributed by atoms with Crippen molar-refractivity contribution in [3.05, 3.63) is 42.5 Å². The van der Waals surface area contributed by atoms with Gasteiger partial charge >= 0.3 is 7.12 Å². The summed E-state index contributed by atoms with van der Waals surface area (Å²) < 4.78 is 19.5. The van der Waals surface area contributed by atoms with E-state index in [2.05, 4.69) is 52.0 Å². The van der Waals surface area contributed by atoms with E-state index in [1.165, 1.54) is 0 Å². The Labute approximate surface area is 155 Å². The molecule has 1 aromatic heterocycles. The summed E-state index contributed by atoms with van der Waals surface area (Å²) in [7, 11) is -0.390. The fourth-order valence-electron chi connectivity index (χ4n) is 4.85. The lowest BCUT2D eigenvalue weighted by atomic mass is 9.75. The van der Waals surface area contributed by atoms with E-state index < -0.39 is 0 Å². The van der Waals surface area contributed by atoms with E-state index in [1.807, 2.05) is 18.2 Å². The molecule has 1 aliphatic heterocycles. The molecule has 0 bridgehead atoms. The van der Waals surface area contributed by atoms with E-state index in [-0.39, 0.29) is 18.3 Å². The van der Waals surface area contributed by atoms with E-state index in [4.69, 9.17) is 13.7 Å². The molecule has 0 atom stereocenters. The minimum atomic E-state index is -0.390. The molecular weight excluding hydrogens is 323 g/mol. The van der Waals surface area contributed by atoms with E-state index in [9.17, 15) is 0 Å². The lowest BCUT2D eigenvalue weighted by molar-refractivity contribution is -0.0601. The number of furan rings is 1. The number of para-hydroxylation sites is 2. The molecule has 0 N–H and O–H groups in total. The average Bonchev–Trinajstić information content (AvgIpc) is 3.24. The van der Waals surface area contributed by atoms with Crippen LogP contribution in [-0.4, -0.2) is 18.3 Å². The van der Waals surface area contributed by atoms with Crippen molar-refractivity contribution in [3.63, 3.8) is 0 Å². The first kappa shape index (κ1) is 17.6. The van der Waals surface area contributed by atoms with Gasteiger partial charge in [0.25, 0.3) is 0 Å². The van der Waals surface area contributed by atoms with Gasteiger partial charge in [-0.2, -0.15) is 0 Å². The number of rotatable bonds is 5. The molecule has 26 heavy (non-hydrogen) atoms. The molecule has 4 rings (SSSR count). The van der Waals surface area contributed by atoms with Crippen LogP contribution in [0.2, 0.25) is 0 Å². The Morgan fingerprint density at radius 3 is 1.92 bits per heavy atom. The summed E-state index contributed by atoms with van der Waals surface area (Å²) in [5.41, 5.74) is 2.27. The van der Waals surface area contributed by atoms with Crippen molar-refractivity contribution in [2.75, 3.05) is 0 Å². The van der Waals surface area contributed by atoms with Crippen molar-refractivity contribution in [1.29, 1.82) is 0 Å². The topological polar surface area (TPSA) is 31.6 Å². The molecule has 1 fully saturated rings. The van der Waals surface area contributed by atoms with Crippen molar-refractivity contribution in [1.82, 2.24) is 0 Å². The first-order valence-electron chi connectivity index (χ1n) is 9.89. The summed E-state index contributed by atoms with van der Waals surface area (Å²) in [5, 5.41) is 2.26. The maximum Gasteiger partial charge on any atom is 0.498 e. The predicted molar refractivity (Wildman–Crippen MR) is 108 cm³/mol.